The van der Waals surface area contributed by atoms with Crippen LogP contribution < -0.4 is 0 Å². The minimum atomic E-state index is -0.177. The first-order valence-electron chi connectivity index (χ1n) is 5.14. The molecule has 0 spiro atoms. The van der Waals surface area contributed by atoms with Gasteiger partial charge in [-0.05, 0) is 24.7 Å². The van der Waals surface area contributed by atoms with Crippen LogP contribution in [-0.2, 0) is 14.3 Å². The molecular formula is C11H18O3. The van der Waals surface area contributed by atoms with Gasteiger partial charge in [0.15, 0.2) is 0 Å². The van der Waals surface area contributed by atoms with E-state index >= 15 is 0 Å². The van der Waals surface area contributed by atoms with Crippen molar-refractivity contribution in [3.05, 3.63) is 0 Å². The van der Waals surface area contributed by atoms with Crippen molar-refractivity contribution < 1.29 is 14.3 Å². The van der Waals surface area contributed by atoms with Crippen LogP contribution in [-0.4, -0.2) is 18.9 Å². The SMILES string of the molecule is COC(=O)CCC1(C)CCCC(=O)C1. The molecule has 80 valence electrons. The van der Waals surface area contributed by atoms with Crippen molar-refractivity contribution in [2.75, 3.05) is 7.11 Å². The summed E-state index contributed by atoms with van der Waals surface area (Å²) in [7, 11) is 1.40. The predicted molar refractivity (Wildman–Crippen MR) is 52.8 cm³/mol. The van der Waals surface area contributed by atoms with E-state index in [0.29, 0.717) is 25.0 Å². The van der Waals surface area contributed by atoms with E-state index in [4.69, 9.17) is 0 Å². The van der Waals surface area contributed by atoms with Gasteiger partial charge in [0.2, 0.25) is 0 Å². The molecule has 3 nitrogen and oxygen atoms in total. The second-order valence-corrected chi connectivity index (χ2v) is 4.46. The third-order valence-electron chi connectivity index (χ3n) is 3.02. The molecule has 1 fully saturated rings. The summed E-state index contributed by atoms with van der Waals surface area (Å²) in [6.45, 7) is 2.09. The molecule has 0 radical (unpaired) electrons. The largest absolute Gasteiger partial charge is 0.469 e. The topological polar surface area (TPSA) is 43.4 Å². The molecule has 0 aromatic rings. The first kappa shape index (κ1) is 11.2. The summed E-state index contributed by atoms with van der Waals surface area (Å²) in [6.07, 6.45) is 4.57. The zero-order valence-electron chi connectivity index (χ0n) is 8.97. The fraction of sp³-hybridized carbons (Fsp3) is 0.818. The van der Waals surface area contributed by atoms with E-state index in [2.05, 4.69) is 11.7 Å². The van der Waals surface area contributed by atoms with Crippen molar-refractivity contribution in [3.63, 3.8) is 0 Å². The van der Waals surface area contributed by atoms with E-state index in [1.165, 1.54) is 7.11 Å². The fourth-order valence-electron chi connectivity index (χ4n) is 2.08. The lowest BCUT2D eigenvalue weighted by molar-refractivity contribution is -0.142. The number of ketones is 1. The molecule has 1 rings (SSSR count). The van der Waals surface area contributed by atoms with Crippen molar-refractivity contribution in [3.8, 4) is 0 Å². The Morgan fingerprint density at radius 1 is 1.57 bits per heavy atom. The minimum absolute atomic E-state index is 0.0313. The molecule has 0 aromatic carbocycles. The van der Waals surface area contributed by atoms with Crippen molar-refractivity contribution in [1.82, 2.24) is 0 Å². The summed E-state index contributed by atoms with van der Waals surface area (Å²) >= 11 is 0. The maximum absolute atomic E-state index is 11.3. The number of carbonyl (C=O) groups excluding carboxylic acids is 2. The quantitative estimate of drug-likeness (QED) is 0.652. The first-order valence-corrected chi connectivity index (χ1v) is 5.14. The summed E-state index contributed by atoms with van der Waals surface area (Å²) < 4.78 is 4.59. The van der Waals surface area contributed by atoms with Crippen LogP contribution in [0.3, 0.4) is 0 Å². The van der Waals surface area contributed by atoms with Crippen LogP contribution in [0.5, 0.6) is 0 Å². The monoisotopic (exact) mass is 198 g/mol. The highest BCUT2D eigenvalue weighted by Crippen LogP contribution is 2.38. The average Bonchev–Trinajstić information content (AvgIpc) is 2.14. The molecule has 0 bridgehead atoms. The van der Waals surface area contributed by atoms with Crippen LogP contribution >= 0.6 is 0 Å². The Hall–Kier alpha value is -0.860. The van der Waals surface area contributed by atoms with E-state index in [-0.39, 0.29) is 11.4 Å². The van der Waals surface area contributed by atoms with Crippen molar-refractivity contribution in [2.45, 2.75) is 45.4 Å². The Bertz CT molecular complexity index is 235. The van der Waals surface area contributed by atoms with E-state index in [0.717, 1.165) is 19.3 Å². The first-order chi connectivity index (χ1) is 6.56. The van der Waals surface area contributed by atoms with Gasteiger partial charge in [-0.3, -0.25) is 9.59 Å². The third kappa shape index (κ3) is 3.13. The van der Waals surface area contributed by atoms with Crippen LogP contribution in [0.2, 0.25) is 0 Å². The van der Waals surface area contributed by atoms with Gasteiger partial charge in [0.1, 0.15) is 5.78 Å². The zero-order valence-corrected chi connectivity index (χ0v) is 8.97. The maximum atomic E-state index is 11.3. The highest BCUT2D eigenvalue weighted by molar-refractivity contribution is 5.80. The molecule has 0 amide bonds. The Morgan fingerprint density at radius 3 is 2.86 bits per heavy atom. The Labute approximate surface area is 84.8 Å². The second kappa shape index (κ2) is 4.58. The smallest absolute Gasteiger partial charge is 0.305 e. The number of Topliss-reactive ketones (excluding diaryl/α,β-unsaturated/α-hetero) is 1. The normalized spacial score (nSPS) is 27.4. The summed E-state index contributed by atoms with van der Waals surface area (Å²) in [5.74, 6) is 0.160. The number of esters is 1. The van der Waals surface area contributed by atoms with Gasteiger partial charge in [0.05, 0.1) is 7.11 Å². The summed E-state index contributed by atoms with van der Waals surface area (Å²) in [5.41, 5.74) is 0.0313. The van der Waals surface area contributed by atoms with Gasteiger partial charge >= 0.3 is 5.97 Å². The number of hydrogen-bond donors (Lipinski definition) is 0. The molecule has 1 aliphatic rings. The van der Waals surface area contributed by atoms with Gasteiger partial charge in [-0.25, -0.2) is 0 Å². The molecule has 0 aliphatic heterocycles. The van der Waals surface area contributed by atoms with E-state index < -0.39 is 0 Å². The van der Waals surface area contributed by atoms with Crippen LogP contribution in [0, 0.1) is 5.41 Å². The molecule has 3 heteroatoms. The Kier molecular flexibility index (Phi) is 3.67. The molecule has 14 heavy (non-hydrogen) atoms. The van der Waals surface area contributed by atoms with Crippen LogP contribution in [0.15, 0.2) is 0 Å². The highest BCUT2D eigenvalue weighted by Gasteiger charge is 2.31. The van der Waals surface area contributed by atoms with Gasteiger partial charge in [-0.2, -0.15) is 0 Å². The lowest BCUT2D eigenvalue weighted by Crippen LogP contribution is -2.26. The standard InChI is InChI=1S/C11H18O3/c1-11(7-5-10(13)14-2)6-3-4-9(12)8-11/h3-8H2,1-2H3. The lowest BCUT2D eigenvalue weighted by Gasteiger charge is -2.32. The number of hydrogen-bond acceptors (Lipinski definition) is 3. The molecule has 1 unspecified atom stereocenters. The van der Waals surface area contributed by atoms with Gasteiger partial charge in [-0.15, -0.1) is 0 Å². The number of rotatable bonds is 3. The Morgan fingerprint density at radius 2 is 2.29 bits per heavy atom. The van der Waals surface area contributed by atoms with E-state index in [1.54, 1.807) is 0 Å². The van der Waals surface area contributed by atoms with Crippen molar-refractivity contribution in [1.29, 1.82) is 0 Å². The average molecular weight is 198 g/mol. The summed E-state index contributed by atoms with van der Waals surface area (Å²) in [4.78, 5) is 22.2. The maximum Gasteiger partial charge on any atom is 0.305 e. The Balaban J connectivity index is 2.40. The van der Waals surface area contributed by atoms with E-state index in [9.17, 15) is 9.59 Å². The molecule has 1 aliphatic carbocycles. The van der Waals surface area contributed by atoms with Gasteiger partial charge < -0.3 is 4.74 Å². The van der Waals surface area contributed by atoms with Crippen molar-refractivity contribution >= 4 is 11.8 Å². The fourth-order valence-corrected chi connectivity index (χ4v) is 2.08. The summed E-state index contributed by atoms with van der Waals surface area (Å²) in [6, 6.07) is 0. The van der Waals surface area contributed by atoms with Crippen LogP contribution in [0.4, 0.5) is 0 Å². The number of methoxy groups -OCH3 is 1. The molecule has 0 saturated heterocycles. The molecular weight excluding hydrogens is 180 g/mol. The number of carbonyl (C=O) groups is 2. The summed E-state index contributed by atoms with van der Waals surface area (Å²) in [5, 5.41) is 0. The second-order valence-electron chi connectivity index (χ2n) is 4.46. The molecule has 0 heterocycles. The van der Waals surface area contributed by atoms with E-state index in [1.807, 2.05) is 0 Å². The predicted octanol–water partition coefficient (Wildman–Crippen LogP) is 2.09. The lowest BCUT2D eigenvalue weighted by atomic mass is 9.72. The molecule has 1 atom stereocenters. The number of ether oxygens (including phenoxy) is 1. The van der Waals surface area contributed by atoms with Crippen molar-refractivity contribution in [2.24, 2.45) is 5.41 Å². The molecule has 0 aromatic heterocycles. The van der Waals surface area contributed by atoms with Crippen LogP contribution in [0.1, 0.15) is 45.4 Å². The minimum Gasteiger partial charge on any atom is -0.469 e. The highest BCUT2D eigenvalue weighted by atomic mass is 16.5. The zero-order chi connectivity index (χ0) is 10.6. The third-order valence-corrected chi connectivity index (χ3v) is 3.02. The van der Waals surface area contributed by atoms with Gasteiger partial charge in [0, 0.05) is 19.3 Å². The molecule has 1 saturated carbocycles. The molecule has 0 N–H and O–H groups in total. The van der Waals surface area contributed by atoms with Gasteiger partial charge in [0.25, 0.3) is 0 Å². The van der Waals surface area contributed by atoms with Gasteiger partial charge in [-0.1, -0.05) is 6.92 Å². The van der Waals surface area contributed by atoms with Crippen LogP contribution in [0.25, 0.3) is 0 Å².